The molecule has 0 aliphatic carbocycles. The van der Waals surface area contributed by atoms with E-state index in [9.17, 15) is 8.42 Å². The molecule has 0 saturated carbocycles. The average molecular weight is 303 g/mol. The molecule has 0 radical (unpaired) electrons. The summed E-state index contributed by atoms with van der Waals surface area (Å²) in [6.45, 7) is 4.17. The van der Waals surface area contributed by atoms with Crippen LogP contribution in [0.25, 0.3) is 0 Å². The molecule has 0 spiro atoms. The van der Waals surface area contributed by atoms with Gasteiger partial charge in [0.2, 0.25) is 10.0 Å². The Labute approximate surface area is 119 Å². The quantitative estimate of drug-likeness (QED) is 0.784. The second-order valence-corrected chi connectivity index (χ2v) is 7.86. The molecule has 0 unspecified atom stereocenters. The van der Waals surface area contributed by atoms with Crippen molar-refractivity contribution in [1.82, 2.24) is 14.9 Å². The van der Waals surface area contributed by atoms with Crippen LogP contribution in [0.15, 0.2) is 16.3 Å². The fourth-order valence-corrected chi connectivity index (χ4v) is 4.62. The Kier molecular flexibility index (Phi) is 5.35. The van der Waals surface area contributed by atoms with Gasteiger partial charge in [0, 0.05) is 24.5 Å². The van der Waals surface area contributed by atoms with Crippen molar-refractivity contribution in [2.75, 3.05) is 33.2 Å². The number of likely N-dealkylation sites (tertiary alicyclic amines) is 1. The Morgan fingerprint density at radius 3 is 2.74 bits per heavy atom. The number of hydrogen-bond acceptors (Lipinski definition) is 5. The maximum atomic E-state index is 12.1. The van der Waals surface area contributed by atoms with E-state index in [0.29, 0.717) is 17.3 Å². The van der Waals surface area contributed by atoms with Crippen molar-refractivity contribution in [3.8, 4) is 0 Å². The van der Waals surface area contributed by atoms with E-state index in [-0.39, 0.29) is 0 Å². The van der Waals surface area contributed by atoms with Gasteiger partial charge in [0.05, 0.1) is 0 Å². The molecule has 0 bridgehead atoms. The summed E-state index contributed by atoms with van der Waals surface area (Å²) < 4.78 is 27.2. The van der Waals surface area contributed by atoms with Crippen LogP contribution in [0.1, 0.15) is 17.7 Å². The molecule has 1 saturated heterocycles. The van der Waals surface area contributed by atoms with Gasteiger partial charge in [-0.15, -0.1) is 11.3 Å². The van der Waals surface area contributed by atoms with Crippen LogP contribution < -0.4 is 10.0 Å². The first-order valence-electron chi connectivity index (χ1n) is 6.57. The van der Waals surface area contributed by atoms with Crippen LogP contribution in [0, 0.1) is 0 Å². The van der Waals surface area contributed by atoms with Crippen LogP contribution in [0.5, 0.6) is 0 Å². The van der Waals surface area contributed by atoms with Crippen molar-refractivity contribution in [1.29, 1.82) is 0 Å². The molecule has 0 atom stereocenters. The van der Waals surface area contributed by atoms with Gasteiger partial charge in [-0.2, -0.15) is 0 Å². The average Bonchev–Trinajstić information content (AvgIpc) is 3.00. The Morgan fingerprint density at radius 1 is 1.32 bits per heavy atom. The van der Waals surface area contributed by atoms with Crippen LogP contribution in [0.4, 0.5) is 0 Å². The molecule has 1 fully saturated rings. The summed E-state index contributed by atoms with van der Waals surface area (Å²) in [5.41, 5.74) is 0. The van der Waals surface area contributed by atoms with Crippen molar-refractivity contribution in [3.05, 3.63) is 17.0 Å². The van der Waals surface area contributed by atoms with Crippen LogP contribution in [-0.4, -0.2) is 46.5 Å². The number of thiophene rings is 1. The number of nitrogens with zero attached hydrogens (tertiary/aromatic N) is 1. The first-order valence-corrected chi connectivity index (χ1v) is 8.87. The highest BCUT2D eigenvalue weighted by Crippen LogP contribution is 2.21. The van der Waals surface area contributed by atoms with Crippen molar-refractivity contribution in [2.45, 2.75) is 23.6 Å². The summed E-state index contributed by atoms with van der Waals surface area (Å²) in [7, 11) is -1.49. The maximum absolute atomic E-state index is 12.1. The van der Waals surface area contributed by atoms with Gasteiger partial charge < -0.3 is 10.2 Å². The molecule has 1 aliphatic heterocycles. The standard InChI is InChI=1S/C12H21N3O2S2/c1-13-10-11-4-5-12(18-11)19(16,17)14-6-9-15-7-2-3-8-15/h4-5,13-14H,2-3,6-10H2,1H3. The Hall–Kier alpha value is -0.470. The molecule has 0 aromatic carbocycles. The number of sulfonamides is 1. The molecular weight excluding hydrogens is 282 g/mol. The van der Waals surface area contributed by atoms with Crippen molar-refractivity contribution in [3.63, 3.8) is 0 Å². The predicted octanol–water partition coefficient (Wildman–Crippen LogP) is 0.842. The highest BCUT2D eigenvalue weighted by Gasteiger charge is 2.17. The summed E-state index contributed by atoms with van der Waals surface area (Å²) >= 11 is 1.32. The van der Waals surface area contributed by atoms with Crippen molar-refractivity contribution < 1.29 is 8.42 Å². The van der Waals surface area contributed by atoms with Crippen LogP contribution in [0.3, 0.4) is 0 Å². The van der Waals surface area contributed by atoms with Gasteiger partial charge in [0.15, 0.2) is 0 Å². The molecule has 7 heteroatoms. The van der Waals surface area contributed by atoms with E-state index >= 15 is 0 Å². The van der Waals surface area contributed by atoms with E-state index in [0.717, 1.165) is 24.5 Å². The molecule has 1 aromatic heterocycles. The van der Waals surface area contributed by atoms with E-state index in [4.69, 9.17) is 0 Å². The first-order chi connectivity index (χ1) is 9.12. The van der Waals surface area contributed by atoms with E-state index in [2.05, 4.69) is 14.9 Å². The van der Waals surface area contributed by atoms with Crippen LogP contribution >= 0.6 is 11.3 Å². The molecular formula is C12H21N3O2S2. The summed E-state index contributed by atoms with van der Waals surface area (Å²) in [5, 5.41) is 3.02. The molecule has 19 heavy (non-hydrogen) atoms. The van der Waals surface area contributed by atoms with Crippen LogP contribution in [-0.2, 0) is 16.6 Å². The lowest BCUT2D eigenvalue weighted by Crippen LogP contribution is -2.33. The molecule has 2 rings (SSSR count). The lowest BCUT2D eigenvalue weighted by atomic mass is 10.4. The van der Waals surface area contributed by atoms with Gasteiger partial charge in [0.25, 0.3) is 0 Å². The largest absolute Gasteiger partial charge is 0.315 e. The predicted molar refractivity (Wildman–Crippen MR) is 77.9 cm³/mol. The zero-order valence-corrected chi connectivity index (χ0v) is 12.8. The van der Waals surface area contributed by atoms with E-state index in [1.54, 1.807) is 6.07 Å². The summed E-state index contributed by atoms with van der Waals surface area (Å²) in [6.07, 6.45) is 2.45. The van der Waals surface area contributed by atoms with E-state index in [1.165, 1.54) is 24.2 Å². The minimum atomic E-state index is -3.34. The molecule has 1 aliphatic rings. The van der Waals surface area contributed by atoms with Gasteiger partial charge in [-0.3, -0.25) is 0 Å². The van der Waals surface area contributed by atoms with Gasteiger partial charge in [0.1, 0.15) is 4.21 Å². The lowest BCUT2D eigenvalue weighted by molar-refractivity contribution is 0.344. The van der Waals surface area contributed by atoms with Gasteiger partial charge in [-0.05, 0) is 45.1 Å². The number of nitrogens with one attached hydrogen (secondary N) is 2. The number of rotatable bonds is 7. The fraction of sp³-hybridized carbons (Fsp3) is 0.667. The Bertz CT molecular complexity index is 493. The van der Waals surface area contributed by atoms with Crippen molar-refractivity contribution in [2.24, 2.45) is 0 Å². The fourth-order valence-electron chi connectivity index (χ4n) is 2.19. The topological polar surface area (TPSA) is 61.4 Å². The Balaban J connectivity index is 1.85. The van der Waals surface area contributed by atoms with Crippen molar-refractivity contribution >= 4 is 21.4 Å². The second-order valence-electron chi connectivity index (χ2n) is 4.70. The Morgan fingerprint density at radius 2 is 2.05 bits per heavy atom. The SMILES string of the molecule is CNCc1ccc(S(=O)(=O)NCCN2CCCC2)s1. The maximum Gasteiger partial charge on any atom is 0.250 e. The van der Waals surface area contributed by atoms with Crippen LogP contribution in [0.2, 0.25) is 0 Å². The zero-order chi connectivity index (χ0) is 13.7. The third kappa shape index (κ3) is 4.25. The molecule has 2 N–H and O–H groups in total. The van der Waals surface area contributed by atoms with E-state index < -0.39 is 10.0 Å². The molecule has 1 aromatic rings. The minimum Gasteiger partial charge on any atom is -0.315 e. The highest BCUT2D eigenvalue weighted by molar-refractivity contribution is 7.91. The third-order valence-corrected chi connectivity index (χ3v) is 6.21. The minimum absolute atomic E-state index is 0.402. The van der Waals surface area contributed by atoms with Gasteiger partial charge in [-0.1, -0.05) is 0 Å². The lowest BCUT2D eigenvalue weighted by Gasteiger charge is -2.14. The summed E-state index contributed by atoms with van der Waals surface area (Å²) in [4.78, 5) is 3.33. The molecule has 0 amide bonds. The monoisotopic (exact) mass is 303 g/mol. The smallest absolute Gasteiger partial charge is 0.250 e. The summed E-state index contributed by atoms with van der Waals surface area (Å²) in [6, 6.07) is 3.53. The van der Waals surface area contributed by atoms with Gasteiger partial charge >= 0.3 is 0 Å². The molecule has 2 heterocycles. The van der Waals surface area contributed by atoms with Gasteiger partial charge in [-0.25, -0.2) is 13.1 Å². The normalized spacial score (nSPS) is 17.1. The second kappa shape index (κ2) is 6.81. The molecule has 5 nitrogen and oxygen atoms in total. The van der Waals surface area contributed by atoms with E-state index in [1.807, 2.05) is 13.1 Å². The highest BCUT2D eigenvalue weighted by atomic mass is 32.2. The molecule has 108 valence electrons. The third-order valence-electron chi connectivity index (χ3n) is 3.17. The number of hydrogen-bond donors (Lipinski definition) is 2. The summed E-state index contributed by atoms with van der Waals surface area (Å²) in [5.74, 6) is 0. The zero-order valence-electron chi connectivity index (χ0n) is 11.2. The first kappa shape index (κ1) is 14.9.